The zero-order chi connectivity index (χ0) is 15.3. The molecule has 0 bridgehead atoms. The van der Waals surface area contributed by atoms with E-state index in [0.29, 0.717) is 18.7 Å². The smallest absolute Gasteiger partial charge is 0.251 e. The molecule has 0 fully saturated rings. The topological polar surface area (TPSA) is 49.4 Å². The molecule has 1 aromatic rings. The van der Waals surface area contributed by atoms with Crippen LogP contribution in [0.3, 0.4) is 0 Å². The van der Waals surface area contributed by atoms with Crippen molar-refractivity contribution in [2.24, 2.45) is 0 Å². The second-order valence-electron chi connectivity index (χ2n) is 5.61. The van der Waals surface area contributed by atoms with E-state index < -0.39 is 0 Å². The van der Waals surface area contributed by atoms with Crippen molar-refractivity contribution < 1.29 is 9.59 Å². The van der Waals surface area contributed by atoms with Gasteiger partial charge < -0.3 is 10.2 Å². The molecule has 1 rings (SSSR count). The summed E-state index contributed by atoms with van der Waals surface area (Å²) in [5.74, 6) is -0.127. The van der Waals surface area contributed by atoms with Crippen LogP contribution in [0.2, 0.25) is 0 Å². The molecule has 0 spiro atoms. The molecular weight excluding hydrogens is 320 g/mol. The summed E-state index contributed by atoms with van der Waals surface area (Å²) >= 11 is 3.33. The summed E-state index contributed by atoms with van der Waals surface area (Å²) in [6.07, 6.45) is 0. The average Bonchev–Trinajstić information content (AvgIpc) is 2.32. The van der Waals surface area contributed by atoms with Gasteiger partial charge in [0, 0.05) is 35.6 Å². The minimum atomic E-state index is -0.244. The first-order valence-corrected chi connectivity index (χ1v) is 7.33. The summed E-state index contributed by atoms with van der Waals surface area (Å²) in [7, 11) is 0. The van der Waals surface area contributed by atoms with E-state index in [1.807, 2.05) is 32.9 Å². The molecular formula is C15H21BrN2O2. The molecule has 4 nitrogen and oxygen atoms in total. The van der Waals surface area contributed by atoms with Crippen LogP contribution in [-0.2, 0) is 4.79 Å². The first-order valence-electron chi connectivity index (χ1n) is 6.54. The number of rotatable bonds is 4. The summed E-state index contributed by atoms with van der Waals surface area (Å²) < 4.78 is 0.866. The molecule has 2 amide bonds. The van der Waals surface area contributed by atoms with Gasteiger partial charge in [-0.3, -0.25) is 9.59 Å². The first kappa shape index (κ1) is 16.7. The summed E-state index contributed by atoms with van der Waals surface area (Å²) in [5, 5.41) is 2.83. The fourth-order valence-corrected chi connectivity index (χ4v) is 2.38. The molecule has 0 aliphatic heterocycles. The number of carbonyl (C=O) groups is 2. The molecule has 1 aromatic carbocycles. The van der Waals surface area contributed by atoms with Gasteiger partial charge in [0.05, 0.1) is 0 Å². The molecule has 0 aliphatic carbocycles. The number of hydrogen-bond donors (Lipinski definition) is 1. The quantitative estimate of drug-likeness (QED) is 0.916. The van der Waals surface area contributed by atoms with E-state index in [-0.39, 0.29) is 17.4 Å². The van der Waals surface area contributed by atoms with Gasteiger partial charge >= 0.3 is 0 Å². The van der Waals surface area contributed by atoms with E-state index in [0.717, 1.165) is 4.47 Å². The first-order chi connectivity index (χ1) is 9.21. The lowest BCUT2D eigenvalue weighted by atomic mass is 10.1. The van der Waals surface area contributed by atoms with Crippen LogP contribution in [-0.4, -0.2) is 35.3 Å². The molecule has 0 atom stereocenters. The second-order valence-corrected chi connectivity index (χ2v) is 6.52. The highest BCUT2D eigenvalue weighted by Gasteiger charge is 2.23. The van der Waals surface area contributed by atoms with Crippen molar-refractivity contribution in [3.05, 3.63) is 34.3 Å². The molecule has 20 heavy (non-hydrogen) atoms. The van der Waals surface area contributed by atoms with E-state index in [4.69, 9.17) is 0 Å². The number of carbonyl (C=O) groups excluding carboxylic acids is 2. The van der Waals surface area contributed by atoms with Crippen molar-refractivity contribution in [1.82, 2.24) is 10.2 Å². The predicted octanol–water partition coefficient (Wildman–Crippen LogP) is 2.83. The van der Waals surface area contributed by atoms with E-state index in [1.54, 1.807) is 24.0 Å². The number of hydrogen-bond acceptors (Lipinski definition) is 2. The highest BCUT2D eigenvalue weighted by molar-refractivity contribution is 9.10. The largest absolute Gasteiger partial charge is 0.350 e. The third-order valence-electron chi connectivity index (χ3n) is 2.90. The monoisotopic (exact) mass is 340 g/mol. The van der Waals surface area contributed by atoms with Crippen molar-refractivity contribution in [3.8, 4) is 0 Å². The maximum atomic E-state index is 12.0. The van der Waals surface area contributed by atoms with E-state index in [1.165, 1.54) is 0 Å². The van der Waals surface area contributed by atoms with Crippen LogP contribution < -0.4 is 5.32 Å². The molecule has 5 heteroatoms. The minimum Gasteiger partial charge on any atom is -0.350 e. The number of amides is 2. The predicted molar refractivity (Wildman–Crippen MR) is 83.6 cm³/mol. The summed E-state index contributed by atoms with van der Waals surface area (Å²) in [6.45, 7) is 8.40. The Morgan fingerprint density at radius 2 is 1.95 bits per heavy atom. The third kappa shape index (κ3) is 4.96. The van der Waals surface area contributed by atoms with Crippen LogP contribution in [0.15, 0.2) is 28.7 Å². The molecule has 110 valence electrons. The highest BCUT2D eigenvalue weighted by atomic mass is 79.9. The Balaban J connectivity index is 2.55. The number of nitrogens with zero attached hydrogens (tertiary/aromatic N) is 1. The molecule has 0 radical (unpaired) electrons. The fourth-order valence-electron chi connectivity index (χ4n) is 1.98. The van der Waals surface area contributed by atoms with Gasteiger partial charge in [0.15, 0.2) is 0 Å². The van der Waals surface area contributed by atoms with Crippen molar-refractivity contribution in [2.75, 3.05) is 13.1 Å². The van der Waals surface area contributed by atoms with E-state index in [2.05, 4.69) is 21.2 Å². The zero-order valence-corrected chi connectivity index (χ0v) is 14.0. The SMILES string of the molecule is CC(=O)N(CCNC(=O)c1cccc(Br)c1)C(C)(C)C. The third-order valence-corrected chi connectivity index (χ3v) is 3.39. The molecule has 0 aromatic heterocycles. The van der Waals surface area contributed by atoms with Crippen LogP contribution in [0.25, 0.3) is 0 Å². The normalized spacial score (nSPS) is 11.1. The van der Waals surface area contributed by atoms with Crippen LogP contribution in [0.4, 0.5) is 0 Å². The van der Waals surface area contributed by atoms with Crippen LogP contribution in [0, 0.1) is 0 Å². The molecule has 0 heterocycles. The molecule has 0 saturated carbocycles. The minimum absolute atomic E-state index is 0.00852. The Kier molecular flexibility index (Phi) is 5.74. The number of halogens is 1. The fraction of sp³-hybridized carbons (Fsp3) is 0.467. The average molecular weight is 341 g/mol. The van der Waals surface area contributed by atoms with Gasteiger partial charge in [-0.05, 0) is 39.0 Å². The van der Waals surface area contributed by atoms with Crippen molar-refractivity contribution in [1.29, 1.82) is 0 Å². The number of benzene rings is 1. The van der Waals surface area contributed by atoms with Crippen LogP contribution in [0.1, 0.15) is 38.1 Å². The summed E-state index contributed by atoms with van der Waals surface area (Å²) in [6, 6.07) is 7.21. The van der Waals surface area contributed by atoms with Gasteiger partial charge in [-0.1, -0.05) is 22.0 Å². The Morgan fingerprint density at radius 3 is 2.45 bits per heavy atom. The van der Waals surface area contributed by atoms with E-state index in [9.17, 15) is 9.59 Å². The lowest BCUT2D eigenvalue weighted by Gasteiger charge is -2.35. The molecule has 0 unspecified atom stereocenters. The summed E-state index contributed by atoms with van der Waals surface area (Å²) in [4.78, 5) is 25.3. The standard InChI is InChI=1S/C15H21BrN2O2/c1-11(19)18(15(2,3)4)9-8-17-14(20)12-6-5-7-13(16)10-12/h5-7,10H,8-9H2,1-4H3,(H,17,20). The molecule has 1 N–H and O–H groups in total. The van der Waals surface area contributed by atoms with Gasteiger partial charge in [-0.2, -0.15) is 0 Å². The van der Waals surface area contributed by atoms with Gasteiger partial charge in [-0.25, -0.2) is 0 Å². The second kappa shape index (κ2) is 6.88. The molecule has 0 saturated heterocycles. The van der Waals surface area contributed by atoms with Crippen molar-refractivity contribution >= 4 is 27.7 Å². The molecule has 0 aliphatic rings. The zero-order valence-electron chi connectivity index (χ0n) is 12.4. The van der Waals surface area contributed by atoms with Gasteiger partial charge in [0.25, 0.3) is 5.91 Å². The van der Waals surface area contributed by atoms with E-state index >= 15 is 0 Å². The van der Waals surface area contributed by atoms with Crippen molar-refractivity contribution in [3.63, 3.8) is 0 Å². The summed E-state index contributed by atoms with van der Waals surface area (Å²) in [5.41, 5.74) is 0.358. The Morgan fingerprint density at radius 1 is 1.30 bits per heavy atom. The van der Waals surface area contributed by atoms with Crippen molar-refractivity contribution in [2.45, 2.75) is 33.2 Å². The lowest BCUT2D eigenvalue weighted by Crippen LogP contribution is -2.48. The van der Waals surface area contributed by atoms with Gasteiger partial charge in [0.1, 0.15) is 0 Å². The number of nitrogens with one attached hydrogen (secondary N) is 1. The lowest BCUT2D eigenvalue weighted by molar-refractivity contribution is -0.133. The maximum absolute atomic E-state index is 12.0. The Hall–Kier alpha value is -1.36. The Labute approximate surface area is 128 Å². The van der Waals surface area contributed by atoms with Gasteiger partial charge in [0.2, 0.25) is 5.91 Å². The van der Waals surface area contributed by atoms with Gasteiger partial charge in [-0.15, -0.1) is 0 Å². The highest BCUT2D eigenvalue weighted by Crippen LogP contribution is 2.13. The van der Waals surface area contributed by atoms with Crippen LogP contribution >= 0.6 is 15.9 Å². The van der Waals surface area contributed by atoms with Crippen LogP contribution in [0.5, 0.6) is 0 Å². The Bertz CT molecular complexity index is 495. The maximum Gasteiger partial charge on any atom is 0.251 e.